The smallest absolute Gasteiger partial charge is 0.0809 e. The van der Waals surface area contributed by atoms with Gasteiger partial charge in [-0.1, -0.05) is 35.3 Å². The molecule has 0 aliphatic carbocycles. The summed E-state index contributed by atoms with van der Waals surface area (Å²) in [6.45, 7) is 6.91. The van der Waals surface area contributed by atoms with Crippen molar-refractivity contribution in [3.63, 3.8) is 0 Å². The van der Waals surface area contributed by atoms with Crippen LogP contribution in [0.25, 0.3) is 11.1 Å². The summed E-state index contributed by atoms with van der Waals surface area (Å²) in [5.74, 6) is 0. The van der Waals surface area contributed by atoms with Crippen molar-refractivity contribution in [1.82, 2.24) is 0 Å². The highest BCUT2D eigenvalue weighted by Crippen LogP contribution is 2.33. The van der Waals surface area contributed by atoms with Gasteiger partial charge < -0.3 is 0 Å². The third-order valence-electron chi connectivity index (χ3n) is 2.57. The first kappa shape index (κ1) is 12.8. The zero-order valence-electron chi connectivity index (χ0n) is 9.53. The van der Waals surface area contributed by atoms with Gasteiger partial charge in [0.2, 0.25) is 0 Å². The Morgan fingerprint density at radius 2 is 1.11 bits per heavy atom. The number of hydrogen-bond acceptors (Lipinski definition) is 2. The van der Waals surface area contributed by atoms with Gasteiger partial charge in [0.25, 0.3) is 0 Å². The van der Waals surface area contributed by atoms with E-state index in [2.05, 4.69) is 23.4 Å². The second kappa shape index (κ2) is 5.34. The van der Waals surface area contributed by atoms with Crippen molar-refractivity contribution >= 4 is 48.0 Å². The number of halogens is 2. The molecule has 0 spiro atoms. The van der Waals surface area contributed by atoms with E-state index in [-0.39, 0.29) is 0 Å². The monoisotopic (exact) mass is 276 g/mol. The molecule has 0 saturated carbocycles. The molecule has 2 aromatic rings. The normalized spacial score (nSPS) is 10.1. The molecule has 4 heteroatoms. The highest BCUT2D eigenvalue weighted by molar-refractivity contribution is 6.34. The van der Waals surface area contributed by atoms with E-state index in [1.54, 1.807) is 0 Å². The average Bonchev–Trinajstić information content (AvgIpc) is 2.38. The second-order valence-corrected chi connectivity index (χ2v) is 4.46. The molecule has 2 nitrogen and oxygen atoms in total. The maximum atomic E-state index is 6.08. The molecular weight excluding hydrogens is 267 g/mol. The molecule has 18 heavy (non-hydrogen) atoms. The van der Waals surface area contributed by atoms with E-state index in [1.165, 1.54) is 0 Å². The molecular formula is C14H10Cl2N2. The minimum absolute atomic E-state index is 0.560. The van der Waals surface area contributed by atoms with Crippen molar-refractivity contribution in [2.45, 2.75) is 0 Å². The first-order chi connectivity index (χ1) is 8.65. The third kappa shape index (κ3) is 2.45. The molecule has 0 fully saturated rings. The van der Waals surface area contributed by atoms with Crippen LogP contribution in [0.15, 0.2) is 46.4 Å². The van der Waals surface area contributed by atoms with Gasteiger partial charge in [-0.25, -0.2) is 0 Å². The van der Waals surface area contributed by atoms with Crippen molar-refractivity contribution < 1.29 is 0 Å². The number of benzene rings is 2. The number of hydrogen-bond donors (Lipinski definition) is 0. The first-order valence-electron chi connectivity index (χ1n) is 5.18. The molecule has 0 aromatic heterocycles. The van der Waals surface area contributed by atoms with Gasteiger partial charge in [-0.15, -0.1) is 0 Å². The summed E-state index contributed by atoms with van der Waals surface area (Å²) in [7, 11) is 0. The van der Waals surface area contributed by atoms with Crippen LogP contribution in [0, 0.1) is 0 Å². The molecule has 0 atom stereocenters. The zero-order chi connectivity index (χ0) is 13.1. The fraction of sp³-hybridized carbons (Fsp3) is 0. The lowest BCUT2D eigenvalue weighted by Crippen LogP contribution is -1.79. The zero-order valence-corrected chi connectivity index (χ0v) is 11.0. The van der Waals surface area contributed by atoms with Gasteiger partial charge in [-0.2, -0.15) is 0 Å². The van der Waals surface area contributed by atoms with Crippen LogP contribution in [0.3, 0.4) is 0 Å². The van der Waals surface area contributed by atoms with Crippen molar-refractivity contribution in [3.8, 4) is 11.1 Å². The quantitative estimate of drug-likeness (QED) is 0.678. The fourth-order valence-electron chi connectivity index (χ4n) is 1.63. The van der Waals surface area contributed by atoms with E-state index in [4.69, 9.17) is 23.2 Å². The second-order valence-electron chi connectivity index (χ2n) is 3.65. The largest absolute Gasteiger partial charge is 0.263 e. The lowest BCUT2D eigenvalue weighted by Gasteiger charge is -2.06. The molecule has 2 rings (SSSR count). The molecule has 90 valence electrons. The van der Waals surface area contributed by atoms with Crippen LogP contribution in [0.5, 0.6) is 0 Å². The van der Waals surface area contributed by atoms with Crippen molar-refractivity contribution in [2.75, 3.05) is 0 Å². The predicted molar refractivity (Wildman–Crippen MR) is 80.3 cm³/mol. The summed E-state index contributed by atoms with van der Waals surface area (Å²) < 4.78 is 0. The summed E-state index contributed by atoms with van der Waals surface area (Å²) in [6.07, 6.45) is 0. The third-order valence-corrected chi connectivity index (χ3v) is 3.17. The SMILES string of the molecule is C=Nc1ccc(-c2ccc(N=C)c(Cl)c2)cc1Cl. The summed E-state index contributed by atoms with van der Waals surface area (Å²) >= 11 is 12.2. The van der Waals surface area contributed by atoms with Gasteiger partial charge in [0, 0.05) is 0 Å². The van der Waals surface area contributed by atoms with Crippen LogP contribution in [0.2, 0.25) is 10.0 Å². The van der Waals surface area contributed by atoms with E-state index < -0.39 is 0 Å². The number of nitrogens with zero attached hydrogens (tertiary/aromatic N) is 2. The van der Waals surface area contributed by atoms with Crippen LogP contribution in [-0.4, -0.2) is 13.4 Å². The van der Waals surface area contributed by atoms with Gasteiger partial charge in [0.15, 0.2) is 0 Å². The van der Waals surface area contributed by atoms with E-state index >= 15 is 0 Å². The number of rotatable bonds is 3. The highest BCUT2D eigenvalue weighted by atomic mass is 35.5. The molecule has 0 radical (unpaired) electrons. The molecule has 2 aromatic carbocycles. The van der Waals surface area contributed by atoms with Crippen LogP contribution in [0.4, 0.5) is 11.4 Å². The Bertz CT molecular complexity index is 566. The first-order valence-corrected chi connectivity index (χ1v) is 5.94. The fourth-order valence-corrected chi connectivity index (χ4v) is 2.11. The Morgan fingerprint density at radius 3 is 1.39 bits per heavy atom. The van der Waals surface area contributed by atoms with Crippen molar-refractivity contribution in [3.05, 3.63) is 46.4 Å². The van der Waals surface area contributed by atoms with Crippen molar-refractivity contribution in [2.24, 2.45) is 9.98 Å². The maximum Gasteiger partial charge on any atom is 0.0809 e. The van der Waals surface area contributed by atoms with E-state index in [0.717, 1.165) is 11.1 Å². The predicted octanol–water partition coefficient (Wildman–Crippen LogP) is 5.32. The van der Waals surface area contributed by atoms with Crippen LogP contribution < -0.4 is 0 Å². The Kier molecular flexibility index (Phi) is 3.80. The minimum atomic E-state index is 0.560. The Balaban J connectivity index is 2.48. The molecule has 0 N–H and O–H groups in total. The number of aliphatic imine (C=N–C) groups is 2. The lowest BCUT2D eigenvalue weighted by molar-refractivity contribution is 1.52. The van der Waals surface area contributed by atoms with Crippen molar-refractivity contribution in [1.29, 1.82) is 0 Å². The molecule has 0 bridgehead atoms. The van der Waals surface area contributed by atoms with E-state index in [1.807, 2.05) is 36.4 Å². The average molecular weight is 277 g/mol. The van der Waals surface area contributed by atoms with Gasteiger partial charge in [-0.05, 0) is 48.8 Å². The maximum absolute atomic E-state index is 6.08. The molecule has 0 aliphatic rings. The Labute approximate surface area is 116 Å². The molecule has 0 heterocycles. The van der Waals surface area contributed by atoms with Gasteiger partial charge in [0.1, 0.15) is 0 Å². The van der Waals surface area contributed by atoms with Crippen LogP contribution in [0.1, 0.15) is 0 Å². The Morgan fingerprint density at radius 1 is 0.722 bits per heavy atom. The molecule has 0 saturated heterocycles. The van der Waals surface area contributed by atoms with Gasteiger partial charge >= 0.3 is 0 Å². The lowest BCUT2D eigenvalue weighted by atomic mass is 10.0. The summed E-state index contributed by atoms with van der Waals surface area (Å²) in [5.41, 5.74) is 3.25. The van der Waals surface area contributed by atoms with Crippen LogP contribution >= 0.6 is 23.2 Å². The topological polar surface area (TPSA) is 24.7 Å². The highest BCUT2D eigenvalue weighted by Gasteiger charge is 2.05. The minimum Gasteiger partial charge on any atom is -0.263 e. The molecule has 0 unspecified atom stereocenters. The summed E-state index contributed by atoms with van der Waals surface area (Å²) in [6, 6.07) is 11.1. The summed E-state index contributed by atoms with van der Waals surface area (Å²) in [4.78, 5) is 7.64. The molecule has 0 aliphatic heterocycles. The van der Waals surface area contributed by atoms with E-state index in [9.17, 15) is 0 Å². The molecule has 0 amide bonds. The standard InChI is InChI=1S/C14H10Cl2N2/c1-17-13-5-3-9(7-11(13)15)10-4-6-14(18-2)12(16)8-10/h3-8H,1-2H2. The summed E-state index contributed by atoms with van der Waals surface area (Å²) in [5, 5.41) is 1.12. The van der Waals surface area contributed by atoms with Crippen LogP contribution in [-0.2, 0) is 0 Å². The van der Waals surface area contributed by atoms with Gasteiger partial charge in [-0.3, -0.25) is 9.98 Å². The van der Waals surface area contributed by atoms with E-state index in [0.29, 0.717) is 21.4 Å². The Hall–Kier alpha value is -1.64. The van der Waals surface area contributed by atoms with Gasteiger partial charge in [0.05, 0.1) is 21.4 Å².